The quantitative estimate of drug-likeness (QED) is 0.879. The Hall–Kier alpha value is -0.480. The summed E-state index contributed by atoms with van der Waals surface area (Å²) < 4.78 is 2.23. The van der Waals surface area contributed by atoms with Gasteiger partial charge >= 0.3 is 0 Å². The van der Waals surface area contributed by atoms with Crippen molar-refractivity contribution in [3.63, 3.8) is 0 Å². The van der Waals surface area contributed by atoms with E-state index in [1.165, 1.54) is 29.2 Å². The summed E-state index contributed by atoms with van der Waals surface area (Å²) in [5.74, 6) is 2.89. The maximum Gasteiger partial charge on any atom is 0.0631 e. The van der Waals surface area contributed by atoms with Crippen LogP contribution in [0.1, 0.15) is 42.3 Å². The van der Waals surface area contributed by atoms with Gasteiger partial charge in [-0.05, 0) is 44.0 Å². The Morgan fingerprint density at radius 2 is 2.31 bits per heavy atom. The number of rotatable bonds is 3. The van der Waals surface area contributed by atoms with E-state index in [0.29, 0.717) is 18.5 Å². The average molecular weight is 239 g/mol. The Bertz CT molecular complexity index is 367. The van der Waals surface area contributed by atoms with E-state index in [1.807, 2.05) is 11.8 Å². The van der Waals surface area contributed by atoms with Crippen molar-refractivity contribution in [2.24, 2.45) is 5.73 Å². The Morgan fingerprint density at radius 1 is 1.56 bits per heavy atom. The van der Waals surface area contributed by atoms with E-state index in [0.717, 1.165) is 5.69 Å². The Morgan fingerprint density at radius 3 is 2.88 bits per heavy atom. The van der Waals surface area contributed by atoms with E-state index < -0.39 is 0 Å². The second kappa shape index (κ2) is 4.80. The molecule has 0 aromatic carbocycles. The van der Waals surface area contributed by atoms with Gasteiger partial charge in [-0.1, -0.05) is 6.92 Å². The summed E-state index contributed by atoms with van der Waals surface area (Å²) >= 11 is 2.03. The lowest BCUT2D eigenvalue weighted by molar-refractivity contribution is 0.487. The summed E-state index contributed by atoms with van der Waals surface area (Å²) in [6.45, 7) is 7.18. The van der Waals surface area contributed by atoms with Crippen LogP contribution in [0.3, 0.4) is 0 Å². The van der Waals surface area contributed by atoms with Gasteiger partial charge in [0, 0.05) is 11.4 Å². The van der Waals surface area contributed by atoms with E-state index in [9.17, 15) is 0 Å². The molecular weight excluding hydrogens is 218 g/mol. The molecule has 2 rings (SSSR count). The molecule has 1 fully saturated rings. The third-order valence-corrected chi connectivity index (χ3v) is 4.62. The summed E-state index contributed by atoms with van der Waals surface area (Å²) in [5.41, 5.74) is 9.61. The fraction of sp³-hybridized carbons (Fsp3) is 0.750. The molecule has 16 heavy (non-hydrogen) atoms. The number of thioether (sulfide) groups is 1. The number of aromatic nitrogens is 2. The third kappa shape index (κ3) is 2.00. The lowest BCUT2D eigenvalue weighted by atomic mass is 9.99. The molecule has 2 N–H and O–H groups in total. The van der Waals surface area contributed by atoms with E-state index in [4.69, 9.17) is 10.8 Å². The summed E-state index contributed by atoms with van der Waals surface area (Å²) in [6, 6.07) is 0.599. The van der Waals surface area contributed by atoms with Gasteiger partial charge in [0.1, 0.15) is 0 Å². The first-order valence-electron chi connectivity index (χ1n) is 5.98. The van der Waals surface area contributed by atoms with Gasteiger partial charge in [-0.25, -0.2) is 0 Å². The van der Waals surface area contributed by atoms with Gasteiger partial charge in [-0.3, -0.25) is 4.68 Å². The van der Waals surface area contributed by atoms with E-state index >= 15 is 0 Å². The third-order valence-electron chi connectivity index (χ3n) is 3.48. The van der Waals surface area contributed by atoms with Crippen molar-refractivity contribution in [1.29, 1.82) is 0 Å². The van der Waals surface area contributed by atoms with Crippen molar-refractivity contribution in [3.8, 4) is 0 Å². The molecule has 1 aromatic heterocycles. The van der Waals surface area contributed by atoms with Crippen molar-refractivity contribution in [2.45, 2.75) is 39.2 Å². The van der Waals surface area contributed by atoms with Crippen molar-refractivity contribution < 1.29 is 0 Å². The molecule has 1 aliphatic heterocycles. The molecular formula is C12H21N3S. The summed E-state index contributed by atoms with van der Waals surface area (Å²) in [4.78, 5) is 0. The predicted molar refractivity (Wildman–Crippen MR) is 70.1 cm³/mol. The van der Waals surface area contributed by atoms with Crippen LogP contribution < -0.4 is 5.73 Å². The van der Waals surface area contributed by atoms with Crippen LogP contribution >= 0.6 is 11.8 Å². The number of hydrogen-bond donors (Lipinski definition) is 1. The maximum atomic E-state index is 5.76. The molecule has 0 aliphatic carbocycles. The van der Waals surface area contributed by atoms with Crippen LogP contribution in [0.15, 0.2) is 0 Å². The highest BCUT2D eigenvalue weighted by Crippen LogP contribution is 2.31. The zero-order valence-corrected chi connectivity index (χ0v) is 11.2. The molecule has 0 spiro atoms. The molecule has 1 saturated heterocycles. The first-order chi connectivity index (χ1) is 7.65. The SMILES string of the molecule is Cc1nn(C2CCSC2)c(C)c1C(C)CN. The molecule has 0 radical (unpaired) electrons. The molecule has 90 valence electrons. The number of nitrogens with zero attached hydrogens (tertiary/aromatic N) is 2. The highest BCUT2D eigenvalue weighted by atomic mass is 32.2. The van der Waals surface area contributed by atoms with Crippen molar-refractivity contribution in [3.05, 3.63) is 17.0 Å². The molecule has 2 unspecified atom stereocenters. The zero-order chi connectivity index (χ0) is 11.7. The van der Waals surface area contributed by atoms with Gasteiger partial charge in [0.25, 0.3) is 0 Å². The molecule has 2 heterocycles. The van der Waals surface area contributed by atoms with Gasteiger partial charge in [-0.15, -0.1) is 0 Å². The van der Waals surface area contributed by atoms with Crippen LogP contribution in [0.25, 0.3) is 0 Å². The van der Waals surface area contributed by atoms with E-state index in [2.05, 4.69) is 25.5 Å². The summed E-state index contributed by atoms with van der Waals surface area (Å²) in [6.07, 6.45) is 1.25. The molecule has 3 nitrogen and oxygen atoms in total. The summed E-state index contributed by atoms with van der Waals surface area (Å²) in [5, 5.41) is 4.71. The van der Waals surface area contributed by atoms with Gasteiger partial charge in [0.05, 0.1) is 11.7 Å². The van der Waals surface area contributed by atoms with Gasteiger partial charge in [-0.2, -0.15) is 16.9 Å². The molecule has 0 bridgehead atoms. The first kappa shape index (κ1) is 12.0. The minimum atomic E-state index is 0.419. The minimum Gasteiger partial charge on any atom is -0.330 e. The van der Waals surface area contributed by atoms with Crippen molar-refractivity contribution in [1.82, 2.24) is 9.78 Å². The lowest BCUT2D eigenvalue weighted by Gasteiger charge is -2.13. The van der Waals surface area contributed by atoms with E-state index in [1.54, 1.807) is 0 Å². The number of hydrogen-bond acceptors (Lipinski definition) is 3. The predicted octanol–water partition coefficient (Wildman–Crippen LogP) is 2.24. The van der Waals surface area contributed by atoms with Crippen molar-refractivity contribution >= 4 is 11.8 Å². The lowest BCUT2D eigenvalue weighted by Crippen LogP contribution is -2.13. The van der Waals surface area contributed by atoms with Gasteiger partial charge in [0.2, 0.25) is 0 Å². The number of nitrogens with two attached hydrogens (primary N) is 1. The molecule has 4 heteroatoms. The Balaban J connectivity index is 2.33. The highest BCUT2D eigenvalue weighted by Gasteiger charge is 2.23. The minimum absolute atomic E-state index is 0.419. The maximum absolute atomic E-state index is 5.76. The van der Waals surface area contributed by atoms with Crippen LogP contribution in [0, 0.1) is 13.8 Å². The van der Waals surface area contributed by atoms with Gasteiger partial charge < -0.3 is 5.73 Å². The highest BCUT2D eigenvalue weighted by molar-refractivity contribution is 7.99. The second-order valence-corrected chi connectivity index (χ2v) is 5.83. The number of aryl methyl sites for hydroxylation is 1. The largest absolute Gasteiger partial charge is 0.330 e. The smallest absolute Gasteiger partial charge is 0.0631 e. The Kier molecular flexibility index (Phi) is 3.60. The van der Waals surface area contributed by atoms with Crippen LogP contribution in [0.5, 0.6) is 0 Å². The topological polar surface area (TPSA) is 43.8 Å². The monoisotopic (exact) mass is 239 g/mol. The molecule has 1 aliphatic rings. The average Bonchev–Trinajstić information content (AvgIpc) is 2.86. The van der Waals surface area contributed by atoms with Crippen LogP contribution in [0.4, 0.5) is 0 Å². The molecule has 0 amide bonds. The van der Waals surface area contributed by atoms with Crippen LogP contribution in [-0.2, 0) is 0 Å². The van der Waals surface area contributed by atoms with Crippen molar-refractivity contribution in [2.75, 3.05) is 18.1 Å². The second-order valence-electron chi connectivity index (χ2n) is 4.68. The van der Waals surface area contributed by atoms with Crippen LogP contribution in [-0.4, -0.2) is 27.8 Å². The van der Waals surface area contributed by atoms with Gasteiger partial charge in [0.15, 0.2) is 0 Å². The fourth-order valence-corrected chi connectivity index (χ4v) is 3.76. The van der Waals surface area contributed by atoms with Crippen LogP contribution in [0.2, 0.25) is 0 Å². The fourth-order valence-electron chi connectivity index (χ4n) is 2.58. The Labute approximate surface area is 102 Å². The molecule has 2 atom stereocenters. The molecule has 0 saturated carbocycles. The van der Waals surface area contributed by atoms with E-state index in [-0.39, 0.29) is 0 Å². The molecule has 1 aromatic rings. The summed E-state index contributed by atoms with van der Waals surface area (Å²) in [7, 11) is 0. The first-order valence-corrected chi connectivity index (χ1v) is 7.14. The zero-order valence-electron chi connectivity index (χ0n) is 10.4. The normalized spacial score (nSPS) is 22.6. The standard InChI is InChI=1S/C12H21N3S/c1-8(6-13)12-9(2)14-15(10(12)3)11-4-5-16-7-11/h8,11H,4-7,13H2,1-3H3.